The van der Waals surface area contributed by atoms with Crippen LogP contribution in [0.2, 0.25) is 0 Å². The predicted octanol–water partition coefficient (Wildman–Crippen LogP) is 4.45. The van der Waals surface area contributed by atoms with E-state index < -0.39 is 0 Å². The number of nitrogens with zero attached hydrogens (tertiary/aromatic N) is 1. The summed E-state index contributed by atoms with van der Waals surface area (Å²) in [5.74, 6) is 0. The molecule has 1 unspecified atom stereocenters. The fourth-order valence-electron chi connectivity index (χ4n) is 2.85. The highest BCUT2D eigenvalue weighted by Crippen LogP contribution is 2.38. The molecular weight excluding hydrogens is 316 g/mol. The summed E-state index contributed by atoms with van der Waals surface area (Å²) >= 11 is 1.84. The average Bonchev–Trinajstić information content (AvgIpc) is 3.03. The molecule has 3 rings (SSSR count). The fraction of sp³-hybridized carbons (Fsp3) is 0.300. The van der Waals surface area contributed by atoms with Gasteiger partial charge < -0.3 is 15.3 Å². The van der Waals surface area contributed by atoms with E-state index in [1.165, 1.54) is 21.8 Å². The summed E-state index contributed by atoms with van der Waals surface area (Å²) < 4.78 is 0. The van der Waals surface area contributed by atoms with Gasteiger partial charge in [0.2, 0.25) is 0 Å². The lowest BCUT2D eigenvalue weighted by Gasteiger charge is -2.23. The minimum atomic E-state index is 0.187. The quantitative estimate of drug-likeness (QED) is 0.780. The minimum absolute atomic E-state index is 0.187. The summed E-state index contributed by atoms with van der Waals surface area (Å²) in [6.45, 7) is 4.00. The van der Waals surface area contributed by atoms with E-state index in [1.54, 1.807) is 0 Å². The lowest BCUT2D eigenvalue weighted by atomic mass is 10.1. The Labute approximate surface area is 148 Å². The second kappa shape index (κ2) is 8.27. The Morgan fingerprint density at radius 1 is 1.12 bits per heavy atom. The molecule has 1 atom stereocenters. The maximum atomic E-state index is 9.20. The molecule has 1 heterocycles. The molecule has 0 radical (unpaired) electrons. The average molecular weight is 340 g/mol. The Kier molecular flexibility index (Phi) is 5.83. The zero-order valence-corrected chi connectivity index (χ0v) is 14.8. The predicted molar refractivity (Wildman–Crippen MR) is 105 cm³/mol. The number of anilines is 2. The number of thioether (sulfide) groups is 1. The molecular formula is C20H24N2OS. The van der Waals surface area contributed by atoms with E-state index in [0.717, 1.165) is 13.0 Å². The first kappa shape index (κ1) is 16.9. The largest absolute Gasteiger partial charge is 0.395 e. The molecule has 0 fully saturated rings. The van der Waals surface area contributed by atoms with Crippen molar-refractivity contribution in [3.63, 3.8) is 0 Å². The third-order valence-electron chi connectivity index (χ3n) is 4.02. The summed E-state index contributed by atoms with van der Waals surface area (Å²) in [5.41, 5.74) is 3.58. The molecule has 2 N–H and O–H groups in total. The fourth-order valence-corrected chi connectivity index (χ4v) is 3.88. The van der Waals surface area contributed by atoms with Gasteiger partial charge in [-0.1, -0.05) is 55.1 Å². The first-order valence-corrected chi connectivity index (χ1v) is 9.34. The molecule has 0 amide bonds. The summed E-state index contributed by atoms with van der Waals surface area (Å²) in [7, 11) is 0. The van der Waals surface area contributed by atoms with Gasteiger partial charge in [-0.2, -0.15) is 0 Å². The monoisotopic (exact) mass is 340 g/mol. The highest BCUT2D eigenvalue weighted by Gasteiger charge is 2.17. The van der Waals surface area contributed by atoms with E-state index in [9.17, 15) is 5.11 Å². The molecule has 0 aromatic heterocycles. The third kappa shape index (κ3) is 4.13. The highest BCUT2D eigenvalue weighted by molar-refractivity contribution is 8.00. The SMILES string of the molecule is CCCN(CCO)c1ccc(/C=C/C2Nc3ccccc3S2)cc1. The van der Waals surface area contributed by atoms with Crippen LogP contribution in [0.5, 0.6) is 0 Å². The van der Waals surface area contributed by atoms with Crippen LogP contribution in [0.3, 0.4) is 0 Å². The minimum Gasteiger partial charge on any atom is -0.395 e. The number of rotatable bonds is 7. The third-order valence-corrected chi connectivity index (χ3v) is 5.16. The zero-order chi connectivity index (χ0) is 16.8. The number of aliphatic hydroxyl groups excluding tert-OH is 1. The van der Waals surface area contributed by atoms with Crippen LogP contribution in [-0.2, 0) is 0 Å². The smallest absolute Gasteiger partial charge is 0.0960 e. The zero-order valence-electron chi connectivity index (χ0n) is 14.0. The van der Waals surface area contributed by atoms with Gasteiger partial charge in [-0.25, -0.2) is 0 Å². The van der Waals surface area contributed by atoms with Gasteiger partial charge in [0.25, 0.3) is 0 Å². The molecule has 2 aromatic carbocycles. The Hall–Kier alpha value is -1.91. The lowest BCUT2D eigenvalue weighted by molar-refractivity contribution is 0.302. The Morgan fingerprint density at radius 3 is 2.62 bits per heavy atom. The molecule has 0 spiro atoms. The van der Waals surface area contributed by atoms with E-state index in [-0.39, 0.29) is 12.0 Å². The number of hydrogen-bond acceptors (Lipinski definition) is 4. The van der Waals surface area contributed by atoms with Crippen LogP contribution in [0.1, 0.15) is 18.9 Å². The molecule has 24 heavy (non-hydrogen) atoms. The topological polar surface area (TPSA) is 35.5 Å². The summed E-state index contributed by atoms with van der Waals surface area (Å²) in [6.07, 6.45) is 5.44. The molecule has 126 valence electrons. The van der Waals surface area contributed by atoms with Crippen molar-refractivity contribution >= 4 is 29.2 Å². The van der Waals surface area contributed by atoms with E-state index in [0.29, 0.717) is 6.54 Å². The van der Waals surface area contributed by atoms with Crippen LogP contribution in [0, 0.1) is 0 Å². The summed E-state index contributed by atoms with van der Waals surface area (Å²) in [6, 6.07) is 17.0. The van der Waals surface area contributed by atoms with Gasteiger partial charge in [-0.15, -0.1) is 0 Å². The van der Waals surface area contributed by atoms with Gasteiger partial charge in [-0.3, -0.25) is 0 Å². The maximum absolute atomic E-state index is 9.20. The molecule has 1 aliphatic heterocycles. The molecule has 0 saturated heterocycles. The van der Waals surface area contributed by atoms with Crippen molar-refractivity contribution in [1.82, 2.24) is 0 Å². The van der Waals surface area contributed by atoms with Crippen molar-refractivity contribution in [3.8, 4) is 0 Å². The van der Waals surface area contributed by atoms with Crippen LogP contribution >= 0.6 is 11.8 Å². The van der Waals surface area contributed by atoms with Crippen LogP contribution in [0.4, 0.5) is 11.4 Å². The van der Waals surface area contributed by atoms with E-state index in [2.05, 4.69) is 77.8 Å². The van der Waals surface area contributed by atoms with Gasteiger partial charge in [0, 0.05) is 29.4 Å². The number of nitrogens with one attached hydrogen (secondary N) is 1. The normalized spacial score (nSPS) is 16.2. The standard InChI is InChI=1S/C20H24N2OS/c1-2-13-22(14-15-23)17-10-7-16(8-11-17)9-12-20-21-18-5-3-4-6-19(18)24-20/h3-12,20-21,23H,2,13-15H2,1H3/b12-9+. The molecule has 0 aliphatic carbocycles. The second-order valence-corrected chi connectivity index (χ2v) is 7.02. The van der Waals surface area contributed by atoms with E-state index >= 15 is 0 Å². The number of aliphatic hydroxyl groups is 1. The molecule has 1 aliphatic rings. The van der Waals surface area contributed by atoms with Crippen molar-refractivity contribution in [2.75, 3.05) is 29.9 Å². The second-order valence-electron chi connectivity index (χ2n) is 5.84. The molecule has 0 saturated carbocycles. The lowest BCUT2D eigenvalue weighted by Crippen LogP contribution is -2.27. The van der Waals surface area contributed by atoms with Crippen molar-refractivity contribution in [2.24, 2.45) is 0 Å². The van der Waals surface area contributed by atoms with Gasteiger partial charge >= 0.3 is 0 Å². The van der Waals surface area contributed by atoms with Crippen LogP contribution in [-0.4, -0.2) is 30.2 Å². The number of hydrogen-bond donors (Lipinski definition) is 2. The first-order chi connectivity index (χ1) is 11.8. The summed E-state index contributed by atoms with van der Waals surface area (Å²) in [5, 5.41) is 13.0. The Morgan fingerprint density at radius 2 is 1.92 bits per heavy atom. The highest BCUT2D eigenvalue weighted by atomic mass is 32.2. The molecule has 3 nitrogen and oxygen atoms in total. The van der Waals surface area contributed by atoms with Gasteiger partial charge in [0.1, 0.15) is 0 Å². The number of para-hydroxylation sites is 1. The Bertz CT molecular complexity index is 653. The van der Waals surface area contributed by atoms with Gasteiger partial charge in [0.15, 0.2) is 0 Å². The molecule has 4 heteroatoms. The maximum Gasteiger partial charge on any atom is 0.0960 e. The summed E-state index contributed by atoms with van der Waals surface area (Å²) in [4.78, 5) is 3.53. The van der Waals surface area contributed by atoms with Crippen LogP contribution < -0.4 is 10.2 Å². The van der Waals surface area contributed by atoms with Crippen LogP contribution in [0.25, 0.3) is 6.08 Å². The number of fused-ring (bicyclic) bond motifs is 1. The van der Waals surface area contributed by atoms with E-state index in [1.807, 2.05) is 11.8 Å². The van der Waals surface area contributed by atoms with Gasteiger partial charge in [-0.05, 0) is 36.2 Å². The van der Waals surface area contributed by atoms with Crippen LogP contribution in [0.15, 0.2) is 59.5 Å². The molecule has 2 aromatic rings. The Balaban J connectivity index is 1.62. The van der Waals surface area contributed by atoms with Crippen molar-refractivity contribution < 1.29 is 5.11 Å². The van der Waals surface area contributed by atoms with Gasteiger partial charge in [0.05, 0.1) is 12.0 Å². The molecule has 0 bridgehead atoms. The van der Waals surface area contributed by atoms with Crippen molar-refractivity contribution in [3.05, 3.63) is 60.2 Å². The van der Waals surface area contributed by atoms with E-state index in [4.69, 9.17) is 0 Å². The first-order valence-electron chi connectivity index (χ1n) is 8.46. The van der Waals surface area contributed by atoms with Crippen molar-refractivity contribution in [2.45, 2.75) is 23.6 Å². The number of benzene rings is 2. The van der Waals surface area contributed by atoms with Crippen molar-refractivity contribution in [1.29, 1.82) is 0 Å².